The van der Waals surface area contributed by atoms with Crippen molar-refractivity contribution in [3.05, 3.63) is 53.9 Å². The predicted octanol–water partition coefficient (Wildman–Crippen LogP) is 1.59. The number of rotatable bonds is 5. The number of halogens is 1. The molecule has 2 aromatic rings. The second kappa shape index (κ2) is 7.43. The number of hydrogen-bond donors (Lipinski definition) is 1. The van der Waals surface area contributed by atoms with Gasteiger partial charge in [-0.2, -0.15) is 17.4 Å². The van der Waals surface area contributed by atoms with Crippen LogP contribution in [0.5, 0.6) is 0 Å². The highest BCUT2D eigenvalue weighted by Gasteiger charge is 2.34. The molecule has 7 nitrogen and oxygen atoms in total. The van der Waals surface area contributed by atoms with Crippen molar-refractivity contribution in [3.8, 4) is 0 Å². The summed E-state index contributed by atoms with van der Waals surface area (Å²) in [6, 6.07) is 5.05. The van der Waals surface area contributed by atoms with Gasteiger partial charge in [0.2, 0.25) is 0 Å². The van der Waals surface area contributed by atoms with E-state index >= 15 is 0 Å². The molecule has 1 N–H and O–H groups in total. The molecule has 26 heavy (non-hydrogen) atoms. The lowest BCUT2D eigenvalue weighted by Crippen LogP contribution is -2.52. The van der Waals surface area contributed by atoms with Crippen LogP contribution in [0.1, 0.15) is 31.3 Å². The normalized spacial score (nSPS) is 23.1. The summed E-state index contributed by atoms with van der Waals surface area (Å²) in [5, 5.41) is 0. The SMILES string of the molecule is C[C@@H]1CN(S(=O)(=O)N[C@@H](c2cccc(F)c2)c2nccn2C)C[C@H](C)O1. The first-order valence-corrected chi connectivity index (χ1v) is 9.86. The largest absolute Gasteiger partial charge is 0.373 e. The zero-order chi connectivity index (χ0) is 18.9. The summed E-state index contributed by atoms with van der Waals surface area (Å²) in [6.07, 6.45) is 2.90. The van der Waals surface area contributed by atoms with Crippen LogP contribution in [-0.4, -0.2) is 47.6 Å². The van der Waals surface area contributed by atoms with Crippen LogP contribution in [-0.2, 0) is 22.0 Å². The molecule has 3 atom stereocenters. The number of aromatic nitrogens is 2. The van der Waals surface area contributed by atoms with Crippen molar-refractivity contribution in [1.82, 2.24) is 18.6 Å². The van der Waals surface area contributed by atoms with E-state index in [4.69, 9.17) is 4.74 Å². The zero-order valence-electron chi connectivity index (χ0n) is 15.0. The predicted molar refractivity (Wildman–Crippen MR) is 95.1 cm³/mol. The lowest BCUT2D eigenvalue weighted by Gasteiger charge is -2.35. The smallest absolute Gasteiger partial charge is 0.280 e. The van der Waals surface area contributed by atoms with Gasteiger partial charge in [-0.15, -0.1) is 0 Å². The summed E-state index contributed by atoms with van der Waals surface area (Å²) in [7, 11) is -2.06. The minimum absolute atomic E-state index is 0.198. The molecule has 142 valence electrons. The molecular formula is C17H23FN4O3S. The fraction of sp³-hybridized carbons (Fsp3) is 0.471. The Morgan fingerprint density at radius 1 is 1.31 bits per heavy atom. The first-order valence-electron chi connectivity index (χ1n) is 8.42. The van der Waals surface area contributed by atoms with Gasteiger partial charge >= 0.3 is 0 Å². The third-order valence-corrected chi connectivity index (χ3v) is 5.80. The molecule has 0 bridgehead atoms. The number of nitrogens with one attached hydrogen (secondary N) is 1. The van der Waals surface area contributed by atoms with Crippen molar-refractivity contribution in [3.63, 3.8) is 0 Å². The average molecular weight is 382 g/mol. The zero-order valence-corrected chi connectivity index (χ0v) is 15.8. The molecule has 0 amide bonds. The van der Waals surface area contributed by atoms with Gasteiger partial charge in [-0.05, 0) is 31.5 Å². The highest BCUT2D eigenvalue weighted by molar-refractivity contribution is 7.87. The minimum Gasteiger partial charge on any atom is -0.373 e. The maximum Gasteiger partial charge on any atom is 0.280 e. The Labute approximate surface area is 153 Å². The summed E-state index contributed by atoms with van der Waals surface area (Å²) in [5.41, 5.74) is 0.484. The Hall–Kier alpha value is -1.81. The number of morpholine rings is 1. The summed E-state index contributed by atoms with van der Waals surface area (Å²) < 4.78 is 51.1. The number of imidazole rings is 1. The molecule has 0 unspecified atom stereocenters. The maximum absolute atomic E-state index is 13.7. The van der Waals surface area contributed by atoms with Gasteiger partial charge in [0.15, 0.2) is 0 Å². The van der Waals surface area contributed by atoms with Crippen molar-refractivity contribution < 1.29 is 17.5 Å². The van der Waals surface area contributed by atoms with Gasteiger partial charge in [0.25, 0.3) is 10.2 Å². The number of hydrogen-bond acceptors (Lipinski definition) is 4. The van der Waals surface area contributed by atoms with Gasteiger partial charge in [-0.3, -0.25) is 0 Å². The van der Waals surface area contributed by atoms with Crippen molar-refractivity contribution in [2.75, 3.05) is 13.1 Å². The van der Waals surface area contributed by atoms with Gasteiger partial charge in [-0.25, -0.2) is 9.37 Å². The molecule has 0 radical (unpaired) electrons. The Bertz CT molecular complexity index is 860. The molecule has 1 aliphatic heterocycles. The van der Waals surface area contributed by atoms with E-state index in [0.29, 0.717) is 11.4 Å². The standard InChI is InChI=1S/C17H23FN4O3S/c1-12-10-22(11-13(2)25-12)26(23,24)20-16(17-19-7-8-21(17)3)14-5-4-6-15(18)9-14/h4-9,12-13,16,20H,10-11H2,1-3H3/t12-,13+,16-/m0/s1. The van der Waals surface area contributed by atoms with E-state index in [1.807, 2.05) is 13.8 Å². The van der Waals surface area contributed by atoms with E-state index in [9.17, 15) is 12.8 Å². The van der Waals surface area contributed by atoms with E-state index < -0.39 is 22.1 Å². The van der Waals surface area contributed by atoms with E-state index in [1.165, 1.54) is 16.4 Å². The Morgan fingerprint density at radius 3 is 2.58 bits per heavy atom. The van der Waals surface area contributed by atoms with Crippen LogP contribution in [0.4, 0.5) is 4.39 Å². The van der Waals surface area contributed by atoms with E-state index in [-0.39, 0.29) is 25.3 Å². The summed E-state index contributed by atoms with van der Waals surface area (Å²) >= 11 is 0. The van der Waals surface area contributed by atoms with Crippen LogP contribution in [0.15, 0.2) is 36.7 Å². The van der Waals surface area contributed by atoms with Gasteiger partial charge in [-0.1, -0.05) is 12.1 Å². The quantitative estimate of drug-likeness (QED) is 0.852. The van der Waals surface area contributed by atoms with Gasteiger partial charge < -0.3 is 9.30 Å². The Balaban J connectivity index is 1.94. The third-order valence-electron chi connectivity index (χ3n) is 4.29. The second-order valence-corrected chi connectivity index (χ2v) is 8.28. The molecule has 0 saturated carbocycles. The van der Waals surface area contributed by atoms with Crippen LogP contribution in [0.3, 0.4) is 0 Å². The molecule has 1 aliphatic rings. The lowest BCUT2D eigenvalue weighted by molar-refractivity contribution is -0.0444. The highest BCUT2D eigenvalue weighted by Crippen LogP contribution is 2.24. The van der Waals surface area contributed by atoms with Gasteiger partial charge in [0.05, 0.1) is 12.2 Å². The molecule has 1 fully saturated rings. The molecular weight excluding hydrogens is 359 g/mol. The second-order valence-electron chi connectivity index (χ2n) is 6.58. The van der Waals surface area contributed by atoms with Crippen LogP contribution >= 0.6 is 0 Å². The first kappa shape index (κ1) is 19.0. The fourth-order valence-corrected chi connectivity index (χ4v) is 4.66. The third kappa shape index (κ3) is 4.12. The van der Waals surface area contributed by atoms with Gasteiger partial charge in [0, 0.05) is 32.5 Å². The molecule has 0 spiro atoms. The van der Waals surface area contributed by atoms with E-state index in [0.717, 1.165) is 0 Å². The fourth-order valence-electron chi connectivity index (χ4n) is 3.16. The van der Waals surface area contributed by atoms with Crippen LogP contribution in [0.25, 0.3) is 0 Å². The van der Waals surface area contributed by atoms with Gasteiger partial charge in [0.1, 0.15) is 17.7 Å². The number of aryl methyl sites for hydroxylation is 1. The summed E-state index contributed by atoms with van der Waals surface area (Å²) in [5.74, 6) is 0.0445. The highest BCUT2D eigenvalue weighted by atomic mass is 32.2. The first-order chi connectivity index (χ1) is 12.3. The molecule has 2 heterocycles. The molecule has 1 saturated heterocycles. The number of nitrogens with zero attached hydrogens (tertiary/aromatic N) is 3. The Kier molecular flexibility index (Phi) is 5.42. The lowest BCUT2D eigenvalue weighted by atomic mass is 10.1. The molecule has 1 aromatic heterocycles. The van der Waals surface area contributed by atoms with Crippen LogP contribution < -0.4 is 4.72 Å². The van der Waals surface area contributed by atoms with Crippen molar-refractivity contribution >= 4 is 10.2 Å². The summed E-state index contributed by atoms with van der Waals surface area (Å²) in [4.78, 5) is 4.25. The molecule has 0 aliphatic carbocycles. The average Bonchev–Trinajstić information content (AvgIpc) is 2.97. The molecule has 3 rings (SSSR count). The number of ether oxygens (including phenoxy) is 1. The van der Waals surface area contributed by atoms with Crippen LogP contribution in [0.2, 0.25) is 0 Å². The Morgan fingerprint density at radius 2 is 2.00 bits per heavy atom. The van der Waals surface area contributed by atoms with Crippen molar-refractivity contribution in [2.24, 2.45) is 7.05 Å². The van der Waals surface area contributed by atoms with Crippen LogP contribution in [0, 0.1) is 5.82 Å². The van der Waals surface area contributed by atoms with E-state index in [2.05, 4.69) is 9.71 Å². The molecule has 1 aromatic carbocycles. The number of benzene rings is 1. The maximum atomic E-state index is 13.7. The topological polar surface area (TPSA) is 76.5 Å². The monoisotopic (exact) mass is 382 g/mol. The summed E-state index contributed by atoms with van der Waals surface area (Å²) in [6.45, 7) is 4.19. The minimum atomic E-state index is -3.82. The van der Waals surface area contributed by atoms with E-state index in [1.54, 1.807) is 36.1 Å². The van der Waals surface area contributed by atoms with Crippen molar-refractivity contribution in [1.29, 1.82) is 0 Å². The van der Waals surface area contributed by atoms with Crippen molar-refractivity contribution in [2.45, 2.75) is 32.1 Å². The molecule has 9 heteroatoms.